The summed E-state index contributed by atoms with van der Waals surface area (Å²) in [7, 11) is 5.25. The van der Waals surface area contributed by atoms with Crippen molar-refractivity contribution >= 4 is 182 Å². The van der Waals surface area contributed by atoms with Crippen LogP contribution >= 0.6 is 136 Å². The largest absolute Gasteiger partial charge is 0.394 e. The Labute approximate surface area is 437 Å². The third-order valence-corrected chi connectivity index (χ3v) is 15.2. The van der Waals surface area contributed by atoms with Gasteiger partial charge in [0.05, 0.1) is 86.0 Å². The van der Waals surface area contributed by atoms with E-state index in [1.807, 2.05) is 45.2 Å². The molecular weight excluding hydrogens is 1510 g/mol. The third kappa shape index (κ3) is 13.7. The predicted molar refractivity (Wildman–Crippen MR) is 273 cm³/mol. The fraction of sp³-hybridized carbons (Fsp3) is 0.486. The number of hydrogen-bond acceptors (Lipinski definition) is 15. The number of aliphatic hydroxyl groups excluding tert-OH is 9. The van der Waals surface area contributed by atoms with E-state index in [0.29, 0.717) is 0 Å². The quantitative estimate of drug-likeness (QED) is 0.0660. The monoisotopic (exact) mass is 1550 g/mol. The lowest BCUT2D eigenvalue weighted by Gasteiger charge is -2.29. The summed E-state index contributed by atoms with van der Waals surface area (Å²) in [5.41, 5.74) is -0.283. The number of anilines is 2. The van der Waals surface area contributed by atoms with E-state index in [-0.39, 0.29) is 68.1 Å². The zero-order valence-electron chi connectivity index (χ0n) is 33.1. The molecule has 0 spiro atoms. The van der Waals surface area contributed by atoms with Gasteiger partial charge in [-0.15, -0.1) is 0 Å². The molecule has 11 N–H and O–H groups in total. The van der Waals surface area contributed by atoms with Gasteiger partial charge in [-0.25, -0.2) is 0 Å². The van der Waals surface area contributed by atoms with E-state index in [1.165, 1.54) is 28.2 Å². The van der Waals surface area contributed by atoms with Gasteiger partial charge in [-0.1, -0.05) is 0 Å². The van der Waals surface area contributed by atoms with Gasteiger partial charge >= 0.3 is 0 Å². The Balaban J connectivity index is 2.56. The molecule has 2 aromatic rings. The Hall–Kier alpha value is -0.720. The van der Waals surface area contributed by atoms with Crippen LogP contribution in [0.3, 0.4) is 0 Å². The van der Waals surface area contributed by atoms with Gasteiger partial charge < -0.3 is 76.2 Å². The van der Waals surface area contributed by atoms with E-state index in [2.05, 4.69) is 10.6 Å². The van der Waals surface area contributed by atoms with Gasteiger partial charge in [-0.3, -0.25) is 28.8 Å². The molecule has 62 heavy (non-hydrogen) atoms. The van der Waals surface area contributed by atoms with E-state index in [4.69, 9.17) is 0 Å². The Morgan fingerprint density at radius 2 is 0.871 bits per heavy atom. The number of aliphatic hydroxyl groups is 9. The van der Waals surface area contributed by atoms with Crippen molar-refractivity contribution in [1.82, 2.24) is 20.4 Å². The summed E-state index contributed by atoms with van der Waals surface area (Å²) in [5.74, 6) is -4.90. The van der Waals surface area contributed by atoms with Gasteiger partial charge in [0.15, 0.2) is 6.10 Å². The zero-order valence-corrected chi connectivity index (χ0v) is 46.0. The molecule has 0 saturated carbocycles. The van der Waals surface area contributed by atoms with E-state index < -0.39 is 105 Å². The average molecular weight is 1550 g/mol. The SMILES string of the molecule is CN(CC(O)CO)C(=O)c1c(I)c(C(=O)NCC(O)CNC(=O)c2c(I)c(C(=O)N(C)CC(O)CO)c(I)c(N(C)C(=O)C(O)C(O)CO)c2I)c(I)c(N(C)C(=O)CO)c1I. The maximum Gasteiger partial charge on any atom is 0.258 e. The number of carbonyl (C=O) groups is 6. The van der Waals surface area contributed by atoms with Gasteiger partial charge in [0.25, 0.3) is 35.4 Å². The van der Waals surface area contributed by atoms with Gasteiger partial charge in [0.1, 0.15) is 12.7 Å². The van der Waals surface area contributed by atoms with E-state index in [9.17, 15) is 74.7 Å². The van der Waals surface area contributed by atoms with Crippen LogP contribution in [0.15, 0.2) is 0 Å². The lowest BCUT2D eigenvalue weighted by atomic mass is 10.1. The standard InChI is InChI=1S/C35H44I6N6O15/c1-44(7-14(53)9-48)33(60)20-22(36)18(24(38)28(26(20)40)46(3)17(56)12-51)31(58)42-5-13(52)6-43-32(59)19-23(37)21(34(61)45(2)8-15(54)10-49)27(41)29(25(19)39)47(4)35(62)30(57)16(55)11-50/h13-16,30,48-55,57H,5-12H2,1-4H3,(H,42,58)(H,43,59). The molecule has 0 heterocycles. The van der Waals surface area contributed by atoms with E-state index >= 15 is 0 Å². The molecular formula is C35H44I6N6O15. The number of amides is 6. The summed E-state index contributed by atoms with van der Waals surface area (Å²) in [5, 5.41) is 94.0. The first kappa shape index (κ1) is 57.4. The lowest BCUT2D eigenvalue weighted by molar-refractivity contribution is -0.133. The topological polar surface area (TPSA) is 322 Å². The Morgan fingerprint density at radius 1 is 0.516 bits per heavy atom. The van der Waals surface area contributed by atoms with Crippen molar-refractivity contribution in [2.24, 2.45) is 0 Å². The summed E-state index contributed by atoms with van der Waals surface area (Å²) in [6.07, 6.45) is -8.00. The number of carbonyl (C=O) groups excluding carboxylic acids is 6. The highest BCUT2D eigenvalue weighted by Gasteiger charge is 2.36. The van der Waals surface area contributed by atoms with Gasteiger partial charge in [-0.2, -0.15) is 0 Å². The highest BCUT2D eigenvalue weighted by molar-refractivity contribution is 14.1. The van der Waals surface area contributed by atoms with Crippen LogP contribution < -0.4 is 20.4 Å². The molecule has 0 saturated heterocycles. The second-order valence-corrected chi connectivity index (χ2v) is 19.9. The first-order valence-corrected chi connectivity index (χ1v) is 24.2. The summed E-state index contributed by atoms with van der Waals surface area (Å²) in [6, 6.07) is 0. The molecule has 0 aliphatic heterocycles. The van der Waals surface area contributed by atoms with Gasteiger partial charge in [0.2, 0.25) is 0 Å². The molecule has 346 valence electrons. The minimum atomic E-state index is -2.10. The first-order chi connectivity index (χ1) is 28.9. The van der Waals surface area contributed by atoms with Crippen LogP contribution in [0, 0.1) is 21.4 Å². The Kier molecular flexibility index (Phi) is 24.1. The molecule has 2 rings (SSSR count). The highest BCUT2D eigenvalue weighted by Crippen LogP contribution is 2.40. The summed E-state index contributed by atoms with van der Waals surface area (Å²) >= 11 is 10.7. The lowest BCUT2D eigenvalue weighted by Crippen LogP contribution is -2.46. The van der Waals surface area contributed by atoms with Crippen LogP contribution in [0.1, 0.15) is 41.4 Å². The van der Waals surface area contributed by atoms with Crippen LogP contribution in [-0.2, 0) is 9.59 Å². The number of benzene rings is 2. The highest BCUT2D eigenvalue weighted by atomic mass is 127. The van der Waals surface area contributed by atoms with Crippen molar-refractivity contribution in [2.75, 3.05) is 90.6 Å². The molecule has 0 bridgehead atoms. The normalized spacial score (nSPS) is 13.7. The fourth-order valence-electron chi connectivity index (χ4n) is 5.43. The van der Waals surface area contributed by atoms with Crippen molar-refractivity contribution in [2.45, 2.75) is 30.5 Å². The minimum absolute atomic E-state index is 0.0223. The molecule has 0 fully saturated rings. The molecule has 5 unspecified atom stereocenters. The zero-order chi connectivity index (χ0) is 47.7. The van der Waals surface area contributed by atoms with Gasteiger partial charge in [0, 0.05) is 61.5 Å². The number of halogens is 6. The summed E-state index contributed by atoms with van der Waals surface area (Å²) < 4.78 is 0.894. The molecule has 5 atom stereocenters. The van der Waals surface area contributed by atoms with Crippen LogP contribution in [0.25, 0.3) is 0 Å². The second-order valence-electron chi connectivity index (χ2n) is 13.4. The molecule has 21 nitrogen and oxygen atoms in total. The number of likely N-dealkylation sites (N-methyl/N-ethyl adjacent to an activating group) is 4. The molecule has 0 aliphatic rings. The van der Waals surface area contributed by atoms with Crippen LogP contribution in [0.4, 0.5) is 11.4 Å². The number of nitrogens with one attached hydrogen (secondary N) is 2. The van der Waals surface area contributed by atoms with Crippen molar-refractivity contribution in [1.29, 1.82) is 0 Å². The number of nitrogens with zero attached hydrogens (tertiary/aromatic N) is 4. The molecule has 0 aromatic heterocycles. The molecule has 0 radical (unpaired) electrons. The fourth-order valence-corrected chi connectivity index (χ4v) is 15.1. The third-order valence-electron chi connectivity index (χ3n) is 8.87. The maximum absolute atomic E-state index is 13.9. The van der Waals surface area contributed by atoms with Crippen molar-refractivity contribution in [3.8, 4) is 0 Å². The molecule has 2 aromatic carbocycles. The maximum atomic E-state index is 13.9. The van der Waals surface area contributed by atoms with Crippen LogP contribution in [0.2, 0.25) is 0 Å². The van der Waals surface area contributed by atoms with Crippen molar-refractivity contribution in [3.63, 3.8) is 0 Å². The van der Waals surface area contributed by atoms with E-state index in [1.54, 1.807) is 90.4 Å². The van der Waals surface area contributed by atoms with Crippen molar-refractivity contribution in [3.05, 3.63) is 43.7 Å². The number of rotatable bonds is 20. The van der Waals surface area contributed by atoms with Crippen molar-refractivity contribution < 1.29 is 74.7 Å². The van der Waals surface area contributed by atoms with Crippen LogP contribution in [0.5, 0.6) is 0 Å². The van der Waals surface area contributed by atoms with Gasteiger partial charge in [-0.05, 0) is 136 Å². The first-order valence-electron chi connectivity index (χ1n) is 17.7. The number of hydrogen-bond donors (Lipinski definition) is 11. The van der Waals surface area contributed by atoms with Crippen LogP contribution in [-0.4, -0.2) is 203 Å². The summed E-state index contributed by atoms with van der Waals surface area (Å²) in [6.45, 7) is -4.69. The summed E-state index contributed by atoms with van der Waals surface area (Å²) in [4.78, 5) is 85.4. The second kappa shape index (κ2) is 26.0. The molecule has 27 heteroatoms. The predicted octanol–water partition coefficient (Wildman–Crippen LogP) is -1.68. The Morgan fingerprint density at radius 3 is 1.21 bits per heavy atom. The molecule has 0 aliphatic carbocycles. The average Bonchev–Trinajstić information content (AvgIpc) is 3.22. The smallest absolute Gasteiger partial charge is 0.258 e. The Bertz CT molecular complexity index is 2030. The van der Waals surface area contributed by atoms with E-state index in [0.717, 1.165) is 19.6 Å². The minimum Gasteiger partial charge on any atom is -0.394 e. The molecule has 6 amide bonds.